The molecule has 61 valence electrons. The molecule has 1 heterocycles. The normalized spacial score (nSPS) is 19.0. The average Bonchev–Trinajstić information content (AvgIpc) is 2.07. The summed E-state index contributed by atoms with van der Waals surface area (Å²) < 4.78 is 5.15. The van der Waals surface area contributed by atoms with Gasteiger partial charge >= 0.3 is 0 Å². The largest absolute Gasteiger partial charge is 0.379 e. The molecular formula is C8H12NO2. The molecule has 3 heteroatoms. The van der Waals surface area contributed by atoms with Crippen LogP contribution in [0.4, 0.5) is 0 Å². The topological polar surface area (TPSA) is 32.4 Å². The van der Waals surface area contributed by atoms with Crippen molar-refractivity contribution in [2.75, 3.05) is 39.5 Å². The monoisotopic (exact) mass is 154 g/mol. The summed E-state index contributed by atoms with van der Waals surface area (Å²) in [7, 11) is 0. The van der Waals surface area contributed by atoms with Gasteiger partial charge in [0.15, 0.2) is 0 Å². The van der Waals surface area contributed by atoms with Crippen molar-refractivity contribution in [3.8, 4) is 11.8 Å². The number of morpholine rings is 1. The van der Waals surface area contributed by atoms with Crippen LogP contribution in [-0.2, 0) is 9.84 Å². The third-order valence-electron chi connectivity index (χ3n) is 1.60. The first kappa shape index (κ1) is 8.54. The summed E-state index contributed by atoms with van der Waals surface area (Å²) in [4.78, 5) is 2.19. The maximum atomic E-state index is 9.95. The van der Waals surface area contributed by atoms with Gasteiger partial charge < -0.3 is 4.74 Å². The van der Waals surface area contributed by atoms with Gasteiger partial charge in [-0.05, 0) is 0 Å². The first-order chi connectivity index (χ1) is 5.43. The van der Waals surface area contributed by atoms with E-state index < -0.39 is 0 Å². The molecule has 1 aliphatic heterocycles. The molecule has 0 aromatic rings. The summed E-state index contributed by atoms with van der Waals surface area (Å²) in [6, 6.07) is 0. The highest BCUT2D eigenvalue weighted by atomic mass is 16.5. The summed E-state index contributed by atoms with van der Waals surface area (Å²) >= 11 is 0. The van der Waals surface area contributed by atoms with E-state index in [1.54, 1.807) is 0 Å². The Balaban J connectivity index is 2.14. The quantitative estimate of drug-likeness (QED) is 0.488. The van der Waals surface area contributed by atoms with Gasteiger partial charge in [-0.25, -0.2) is 5.11 Å². The lowest BCUT2D eigenvalue weighted by Gasteiger charge is -2.24. The fourth-order valence-electron chi connectivity index (χ4n) is 0.978. The Bertz CT molecular complexity index is 153. The van der Waals surface area contributed by atoms with E-state index in [4.69, 9.17) is 4.74 Å². The van der Waals surface area contributed by atoms with Crippen LogP contribution < -0.4 is 0 Å². The molecule has 3 nitrogen and oxygen atoms in total. The summed E-state index contributed by atoms with van der Waals surface area (Å²) in [6.07, 6.45) is 0. The zero-order chi connectivity index (χ0) is 7.94. The standard InChI is InChI=1S/C8H12NO2/c10-6-2-1-3-9-4-7-11-8-5-9/h3-8H2. The lowest BCUT2D eigenvalue weighted by molar-refractivity contribution is 0.0443. The van der Waals surface area contributed by atoms with Crippen LogP contribution in [0.3, 0.4) is 0 Å². The number of rotatable bonds is 1. The van der Waals surface area contributed by atoms with E-state index in [0.29, 0.717) is 6.54 Å². The molecule has 0 amide bonds. The van der Waals surface area contributed by atoms with E-state index in [-0.39, 0.29) is 6.61 Å². The third-order valence-corrected chi connectivity index (χ3v) is 1.60. The third kappa shape index (κ3) is 3.38. The van der Waals surface area contributed by atoms with Crippen LogP contribution in [0.15, 0.2) is 0 Å². The van der Waals surface area contributed by atoms with Crippen LogP contribution in [0, 0.1) is 11.8 Å². The maximum absolute atomic E-state index is 9.95. The molecule has 0 spiro atoms. The first-order valence-corrected chi connectivity index (χ1v) is 3.77. The molecule has 0 aromatic carbocycles. The molecule has 0 atom stereocenters. The van der Waals surface area contributed by atoms with Crippen molar-refractivity contribution < 1.29 is 9.84 Å². The molecule has 1 rings (SSSR count). The van der Waals surface area contributed by atoms with Crippen molar-refractivity contribution in [3.05, 3.63) is 0 Å². The second-order valence-corrected chi connectivity index (χ2v) is 2.39. The maximum Gasteiger partial charge on any atom is 0.143 e. The second kappa shape index (κ2) is 5.14. The highest BCUT2D eigenvalue weighted by molar-refractivity contribution is 5.01. The van der Waals surface area contributed by atoms with E-state index in [1.807, 2.05) is 0 Å². The van der Waals surface area contributed by atoms with E-state index in [2.05, 4.69) is 16.7 Å². The first-order valence-electron chi connectivity index (χ1n) is 3.77. The molecule has 11 heavy (non-hydrogen) atoms. The smallest absolute Gasteiger partial charge is 0.143 e. The van der Waals surface area contributed by atoms with Gasteiger partial charge in [0.1, 0.15) is 6.61 Å². The molecule has 1 aliphatic rings. The van der Waals surface area contributed by atoms with Gasteiger partial charge in [-0.1, -0.05) is 11.8 Å². The Labute approximate surface area is 67.0 Å². The van der Waals surface area contributed by atoms with E-state index in [0.717, 1.165) is 26.3 Å². The zero-order valence-corrected chi connectivity index (χ0v) is 6.51. The minimum atomic E-state index is -0.287. The molecule has 1 saturated heterocycles. The van der Waals surface area contributed by atoms with Crippen molar-refractivity contribution in [1.29, 1.82) is 0 Å². The van der Waals surface area contributed by atoms with Crippen LogP contribution in [0.25, 0.3) is 0 Å². The Morgan fingerprint density at radius 3 is 2.64 bits per heavy atom. The van der Waals surface area contributed by atoms with Crippen molar-refractivity contribution in [1.82, 2.24) is 4.90 Å². The molecule has 1 fully saturated rings. The minimum Gasteiger partial charge on any atom is -0.379 e. The van der Waals surface area contributed by atoms with E-state index >= 15 is 0 Å². The highest BCUT2D eigenvalue weighted by Gasteiger charge is 2.07. The number of hydrogen-bond acceptors (Lipinski definition) is 2. The summed E-state index contributed by atoms with van der Waals surface area (Å²) in [5.74, 6) is 5.32. The van der Waals surface area contributed by atoms with Gasteiger partial charge in [0.05, 0.1) is 19.8 Å². The van der Waals surface area contributed by atoms with Gasteiger partial charge in [-0.2, -0.15) is 0 Å². The van der Waals surface area contributed by atoms with E-state index in [9.17, 15) is 5.11 Å². The molecule has 0 bridgehead atoms. The lowest BCUT2D eigenvalue weighted by atomic mass is 10.4. The van der Waals surface area contributed by atoms with Gasteiger partial charge in [0.2, 0.25) is 0 Å². The number of hydrogen-bond donors (Lipinski definition) is 0. The summed E-state index contributed by atoms with van der Waals surface area (Å²) in [5.41, 5.74) is 0. The Kier molecular flexibility index (Phi) is 3.99. The molecule has 1 radical (unpaired) electrons. The predicted octanol–water partition coefficient (Wildman–Crippen LogP) is -0.248. The molecule has 0 saturated carbocycles. The van der Waals surface area contributed by atoms with Crippen molar-refractivity contribution in [3.63, 3.8) is 0 Å². The summed E-state index contributed by atoms with van der Waals surface area (Å²) in [6.45, 7) is 3.88. The van der Waals surface area contributed by atoms with Crippen molar-refractivity contribution >= 4 is 0 Å². The molecule has 0 aromatic heterocycles. The van der Waals surface area contributed by atoms with Gasteiger partial charge in [0, 0.05) is 13.1 Å². The minimum absolute atomic E-state index is 0.287. The Hall–Kier alpha value is -0.560. The van der Waals surface area contributed by atoms with Gasteiger partial charge in [-0.15, -0.1) is 0 Å². The highest BCUT2D eigenvalue weighted by Crippen LogP contribution is 1.94. The fraction of sp³-hybridized carbons (Fsp3) is 0.750. The number of ether oxygens (including phenoxy) is 1. The average molecular weight is 154 g/mol. The van der Waals surface area contributed by atoms with Crippen LogP contribution in [0.5, 0.6) is 0 Å². The number of nitrogens with zero attached hydrogens (tertiary/aromatic N) is 1. The Morgan fingerprint density at radius 1 is 1.27 bits per heavy atom. The van der Waals surface area contributed by atoms with Crippen LogP contribution >= 0.6 is 0 Å². The zero-order valence-electron chi connectivity index (χ0n) is 6.51. The second-order valence-electron chi connectivity index (χ2n) is 2.39. The van der Waals surface area contributed by atoms with E-state index in [1.165, 1.54) is 0 Å². The van der Waals surface area contributed by atoms with Crippen molar-refractivity contribution in [2.24, 2.45) is 0 Å². The van der Waals surface area contributed by atoms with Crippen LogP contribution in [0.2, 0.25) is 0 Å². The lowest BCUT2D eigenvalue weighted by Crippen LogP contribution is -2.36. The van der Waals surface area contributed by atoms with Crippen LogP contribution in [0.1, 0.15) is 0 Å². The fourth-order valence-corrected chi connectivity index (χ4v) is 0.978. The molecular weight excluding hydrogens is 142 g/mol. The van der Waals surface area contributed by atoms with Crippen molar-refractivity contribution in [2.45, 2.75) is 0 Å². The molecule has 0 unspecified atom stereocenters. The molecule has 0 N–H and O–H groups in total. The van der Waals surface area contributed by atoms with Crippen LogP contribution in [-0.4, -0.2) is 44.4 Å². The SMILES string of the molecule is [O]CC#CCN1CCOCC1. The Morgan fingerprint density at radius 2 is 2.00 bits per heavy atom. The van der Waals surface area contributed by atoms with Gasteiger partial charge in [-0.3, -0.25) is 4.90 Å². The molecule has 0 aliphatic carbocycles. The predicted molar refractivity (Wildman–Crippen MR) is 40.6 cm³/mol. The van der Waals surface area contributed by atoms with Gasteiger partial charge in [0.25, 0.3) is 0 Å². The summed E-state index contributed by atoms with van der Waals surface area (Å²) in [5, 5.41) is 9.95.